The van der Waals surface area contributed by atoms with E-state index in [9.17, 15) is 0 Å². The number of nitrogen functional groups attached to an aromatic ring is 1. The van der Waals surface area contributed by atoms with Gasteiger partial charge in [0.05, 0.1) is 6.61 Å². The molecule has 50 valence electrons. The van der Waals surface area contributed by atoms with Gasteiger partial charge in [0.1, 0.15) is 5.69 Å². The van der Waals surface area contributed by atoms with Gasteiger partial charge in [0.2, 0.25) is 5.88 Å². The summed E-state index contributed by atoms with van der Waals surface area (Å²) in [5.74, 6) is 0.321. The highest BCUT2D eigenvalue weighted by atomic mass is 16.5. The third-order valence-corrected chi connectivity index (χ3v) is 0.869. The quantitative estimate of drug-likeness (QED) is 0.626. The summed E-state index contributed by atoms with van der Waals surface area (Å²) in [5.41, 5.74) is 5.94. The third-order valence-electron chi connectivity index (χ3n) is 0.869. The van der Waals surface area contributed by atoms with Crippen LogP contribution in [0.25, 0.3) is 0 Å². The standard InChI is InChI=1S/C5H8N2O2/c1-8-3-4-2-5(6)9-7-4/h2H,3,6H2,1H3. The largest absolute Gasteiger partial charge is 0.378 e. The fourth-order valence-electron chi connectivity index (χ4n) is 0.544. The molecule has 0 spiro atoms. The Hall–Kier alpha value is -1.03. The van der Waals surface area contributed by atoms with Crippen molar-refractivity contribution in [1.29, 1.82) is 0 Å². The summed E-state index contributed by atoms with van der Waals surface area (Å²) in [7, 11) is 1.59. The second-order valence-electron chi connectivity index (χ2n) is 1.65. The smallest absolute Gasteiger partial charge is 0.222 e. The summed E-state index contributed by atoms with van der Waals surface area (Å²) in [4.78, 5) is 0. The SMILES string of the molecule is COCc1cc(N)on1. The minimum absolute atomic E-state index is 0.321. The Balaban J connectivity index is 2.61. The van der Waals surface area contributed by atoms with Crippen molar-refractivity contribution in [3.05, 3.63) is 11.8 Å². The van der Waals surface area contributed by atoms with Crippen molar-refractivity contribution in [2.75, 3.05) is 12.8 Å². The van der Waals surface area contributed by atoms with E-state index in [4.69, 9.17) is 10.5 Å². The number of ether oxygens (including phenoxy) is 1. The molecule has 0 aliphatic rings. The number of hydrogen-bond donors (Lipinski definition) is 1. The number of aromatic nitrogens is 1. The van der Waals surface area contributed by atoms with E-state index in [1.165, 1.54) is 0 Å². The molecule has 0 saturated heterocycles. The maximum Gasteiger partial charge on any atom is 0.222 e. The molecule has 0 unspecified atom stereocenters. The van der Waals surface area contributed by atoms with Crippen molar-refractivity contribution in [2.45, 2.75) is 6.61 Å². The van der Waals surface area contributed by atoms with Crippen LogP contribution in [0.2, 0.25) is 0 Å². The maximum absolute atomic E-state index is 5.22. The van der Waals surface area contributed by atoms with E-state index < -0.39 is 0 Å². The van der Waals surface area contributed by atoms with Gasteiger partial charge >= 0.3 is 0 Å². The molecule has 0 aliphatic carbocycles. The first-order valence-electron chi connectivity index (χ1n) is 2.53. The molecule has 0 bridgehead atoms. The number of nitrogens with zero attached hydrogens (tertiary/aromatic N) is 1. The molecule has 0 aromatic carbocycles. The van der Waals surface area contributed by atoms with Crippen LogP contribution in [0.4, 0.5) is 5.88 Å². The molecule has 0 saturated carbocycles. The van der Waals surface area contributed by atoms with Crippen LogP contribution in [-0.4, -0.2) is 12.3 Å². The van der Waals surface area contributed by atoms with Gasteiger partial charge in [0.15, 0.2) is 0 Å². The van der Waals surface area contributed by atoms with Crippen LogP contribution >= 0.6 is 0 Å². The zero-order chi connectivity index (χ0) is 6.69. The molecule has 0 fully saturated rings. The monoisotopic (exact) mass is 128 g/mol. The van der Waals surface area contributed by atoms with Crippen LogP contribution in [0, 0.1) is 0 Å². The van der Waals surface area contributed by atoms with Gasteiger partial charge < -0.3 is 15.0 Å². The minimum Gasteiger partial charge on any atom is -0.378 e. The normalized spacial score (nSPS) is 9.89. The number of nitrogens with two attached hydrogens (primary N) is 1. The molecule has 4 heteroatoms. The number of hydrogen-bond acceptors (Lipinski definition) is 4. The molecular formula is C5H8N2O2. The predicted molar refractivity (Wildman–Crippen MR) is 31.6 cm³/mol. The lowest BCUT2D eigenvalue weighted by Crippen LogP contribution is -1.85. The zero-order valence-electron chi connectivity index (χ0n) is 5.13. The van der Waals surface area contributed by atoms with Crippen LogP contribution < -0.4 is 5.73 Å². The van der Waals surface area contributed by atoms with Crippen LogP contribution in [0.15, 0.2) is 10.6 Å². The van der Waals surface area contributed by atoms with Gasteiger partial charge in [-0.2, -0.15) is 0 Å². The van der Waals surface area contributed by atoms with E-state index in [1.807, 2.05) is 0 Å². The van der Waals surface area contributed by atoms with Crippen molar-refractivity contribution in [3.8, 4) is 0 Å². The summed E-state index contributed by atoms with van der Waals surface area (Å²) in [6.07, 6.45) is 0. The highest BCUT2D eigenvalue weighted by Gasteiger charge is 1.97. The predicted octanol–water partition coefficient (Wildman–Crippen LogP) is 0.403. The number of methoxy groups -OCH3 is 1. The van der Waals surface area contributed by atoms with Gasteiger partial charge in [0.25, 0.3) is 0 Å². The Morgan fingerprint density at radius 2 is 2.67 bits per heavy atom. The molecule has 0 atom stereocenters. The Bertz CT molecular complexity index is 185. The molecule has 0 radical (unpaired) electrons. The summed E-state index contributed by atoms with van der Waals surface area (Å²) in [5, 5.41) is 3.58. The van der Waals surface area contributed by atoms with Crippen molar-refractivity contribution in [3.63, 3.8) is 0 Å². The molecule has 2 N–H and O–H groups in total. The highest BCUT2D eigenvalue weighted by molar-refractivity contribution is 5.23. The lowest BCUT2D eigenvalue weighted by atomic mass is 10.4. The van der Waals surface area contributed by atoms with Crippen molar-refractivity contribution in [1.82, 2.24) is 5.16 Å². The summed E-state index contributed by atoms with van der Waals surface area (Å²) < 4.78 is 9.33. The fourth-order valence-corrected chi connectivity index (χ4v) is 0.544. The molecule has 9 heavy (non-hydrogen) atoms. The van der Waals surface area contributed by atoms with E-state index >= 15 is 0 Å². The van der Waals surface area contributed by atoms with E-state index in [2.05, 4.69) is 9.68 Å². The van der Waals surface area contributed by atoms with Crippen LogP contribution in [0.3, 0.4) is 0 Å². The Morgan fingerprint density at radius 3 is 3.11 bits per heavy atom. The van der Waals surface area contributed by atoms with Gasteiger partial charge in [-0.05, 0) is 0 Å². The molecule has 1 rings (SSSR count). The van der Waals surface area contributed by atoms with E-state index in [0.29, 0.717) is 12.5 Å². The third kappa shape index (κ3) is 1.43. The molecule has 0 amide bonds. The Labute approximate surface area is 52.6 Å². The number of rotatable bonds is 2. The van der Waals surface area contributed by atoms with Gasteiger partial charge in [-0.25, -0.2) is 0 Å². The van der Waals surface area contributed by atoms with Gasteiger partial charge in [0, 0.05) is 13.2 Å². The van der Waals surface area contributed by atoms with Crippen LogP contribution in [-0.2, 0) is 11.3 Å². The van der Waals surface area contributed by atoms with E-state index in [-0.39, 0.29) is 0 Å². The molecule has 4 nitrogen and oxygen atoms in total. The first-order valence-corrected chi connectivity index (χ1v) is 2.53. The minimum atomic E-state index is 0.321. The molecule has 1 aromatic heterocycles. The maximum atomic E-state index is 5.22. The highest BCUT2D eigenvalue weighted by Crippen LogP contribution is 2.04. The van der Waals surface area contributed by atoms with Gasteiger partial charge in [-0.15, -0.1) is 0 Å². The Kier molecular flexibility index (Phi) is 1.69. The van der Waals surface area contributed by atoms with E-state index in [1.54, 1.807) is 13.2 Å². The topological polar surface area (TPSA) is 61.3 Å². The average molecular weight is 128 g/mol. The van der Waals surface area contributed by atoms with Crippen molar-refractivity contribution < 1.29 is 9.26 Å². The van der Waals surface area contributed by atoms with Gasteiger partial charge in [-0.3, -0.25) is 0 Å². The lowest BCUT2D eigenvalue weighted by molar-refractivity contribution is 0.177. The average Bonchev–Trinajstić information content (AvgIpc) is 2.17. The summed E-state index contributed by atoms with van der Waals surface area (Å²) >= 11 is 0. The molecule has 0 aliphatic heterocycles. The van der Waals surface area contributed by atoms with Crippen molar-refractivity contribution >= 4 is 5.88 Å². The molecule has 1 heterocycles. The zero-order valence-corrected chi connectivity index (χ0v) is 5.13. The first-order chi connectivity index (χ1) is 4.33. The summed E-state index contributed by atoms with van der Waals surface area (Å²) in [6.45, 7) is 0.445. The van der Waals surface area contributed by atoms with Crippen molar-refractivity contribution in [2.24, 2.45) is 0 Å². The van der Waals surface area contributed by atoms with Crippen LogP contribution in [0.5, 0.6) is 0 Å². The first kappa shape index (κ1) is 6.10. The summed E-state index contributed by atoms with van der Waals surface area (Å²) in [6, 6.07) is 1.63. The lowest BCUT2D eigenvalue weighted by Gasteiger charge is -1.86. The van der Waals surface area contributed by atoms with E-state index in [0.717, 1.165) is 5.69 Å². The second kappa shape index (κ2) is 2.50. The van der Waals surface area contributed by atoms with Gasteiger partial charge in [-0.1, -0.05) is 5.16 Å². The second-order valence-corrected chi connectivity index (χ2v) is 1.65. The molecule has 1 aromatic rings. The number of anilines is 1. The van der Waals surface area contributed by atoms with Crippen LogP contribution in [0.1, 0.15) is 5.69 Å². The molecular weight excluding hydrogens is 120 g/mol. The fraction of sp³-hybridized carbons (Fsp3) is 0.400. The Morgan fingerprint density at radius 1 is 1.89 bits per heavy atom.